The number of nitrogens with zero attached hydrogens (tertiary/aromatic N) is 1. The summed E-state index contributed by atoms with van der Waals surface area (Å²) in [7, 11) is 0. The van der Waals surface area contributed by atoms with Gasteiger partial charge in [0.25, 0.3) is 0 Å². The fourth-order valence-electron chi connectivity index (χ4n) is 3.36. The van der Waals surface area contributed by atoms with Gasteiger partial charge < -0.3 is 15.6 Å². The zero-order chi connectivity index (χ0) is 15.4. The third-order valence-corrected chi connectivity index (χ3v) is 4.54. The molecule has 0 aromatic carbocycles. The predicted molar refractivity (Wildman–Crippen MR) is 88.9 cm³/mol. The number of pyridine rings is 1. The number of carbonyl (C=O) groups excluding carboxylic acids is 1. The largest absolute Gasteiger partial charge is 0.344 e. The number of aromatic amines is 1. The molecule has 1 aliphatic rings. The van der Waals surface area contributed by atoms with Crippen LogP contribution in [-0.4, -0.2) is 22.0 Å². The number of H-pyrrole nitrogens is 1. The molecule has 1 saturated carbocycles. The molecule has 0 radical (unpaired) electrons. The summed E-state index contributed by atoms with van der Waals surface area (Å²) >= 11 is 0. The van der Waals surface area contributed by atoms with E-state index >= 15 is 0 Å². The standard InChI is InChI=1S/C17H24N4O/c1-2-3-5-12-7-8-13(10-12)20-17(22)21-15-11-19-16-14(15)6-4-9-18-16/h4,6,9,11-13H,2-3,5,7-8,10H2,1H3,(H,18,19)(H2,20,21,22). The van der Waals surface area contributed by atoms with Crippen LogP contribution in [0.1, 0.15) is 45.4 Å². The number of hydrogen-bond acceptors (Lipinski definition) is 2. The first-order chi connectivity index (χ1) is 10.8. The van der Waals surface area contributed by atoms with E-state index in [2.05, 4.69) is 27.5 Å². The van der Waals surface area contributed by atoms with Gasteiger partial charge >= 0.3 is 6.03 Å². The summed E-state index contributed by atoms with van der Waals surface area (Å²) < 4.78 is 0. The van der Waals surface area contributed by atoms with Crippen molar-refractivity contribution in [2.24, 2.45) is 5.92 Å². The summed E-state index contributed by atoms with van der Waals surface area (Å²) in [5.74, 6) is 0.780. The lowest BCUT2D eigenvalue weighted by atomic mass is 10.0. The van der Waals surface area contributed by atoms with Crippen LogP contribution in [0.15, 0.2) is 24.5 Å². The lowest BCUT2D eigenvalue weighted by molar-refractivity contribution is 0.248. The maximum atomic E-state index is 12.2. The lowest BCUT2D eigenvalue weighted by Gasteiger charge is -2.14. The van der Waals surface area contributed by atoms with E-state index in [9.17, 15) is 4.79 Å². The smallest absolute Gasteiger partial charge is 0.319 e. The van der Waals surface area contributed by atoms with Gasteiger partial charge in [-0.25, -0.2) is 9.78 Å². The first-order valence-electron chi connectivity index (χ1n) is 8.26. The molecule has 0 saturated heterocycles. The van der Waals surface area contributed by atoms with Crippen LogP contribution in [-0.2, 0) is 0 Å². The summed E-state index contributed by atoms with van der Waals surface area (Å²) in [4.78, 5) is 19.5. The van der Waals surface area contributed by atoms with E-state index in [1.54, 1.807) is 12.4 Å². The number of urea groups is 1. The van der Waals surface area contributed by atoms with Crippen molar-refractivity contribution in [3.63, 3.8) is 0 Å². The number of hydrogen-bond donors (Lipinski definition) is 3. The van der Waals surface area contributed by atoms with Crippen LogP contribution in [0.3, 0.4) is 0 Å². The summed E-state index contributed by atoms with van der Waals surface area (Å²) in [6.07, 6.45) is 10.8. The van der Waals surface area contributed by atoms with Crippen molar-refractivity contribution in [3.05, 3.63) is 24.5 Å². The van der Waals surface area contributed by atoms with Crippen molar-refractivity contribution in [3.8, 4) is 0 Å². The number of fused-ring (bicyclic) bond motifs is 1. The molecular weight excluding hydrogens is 276 g/mol. The summed E-state index contributed by atoms with van der Waals surface area (Å²) in [6, 6.07) is 4.01. The van der Waals surface area contributed by atoms with Gasteiger partial charge in [0.15, 0.2) is 0 Å². The van der Waals surface area contributed by atoms with Gasteiger partial charge in [-0.1, -0.05) is 26.2 Å². The maximum Gasteiger partial charge on any atom is 0.319 e. The number of rotatable bonds is 5. The highest BCUT2D eigenvalue weighted by molar-refractivity contribution is 5.99. The van der Waals surface area contributed by atoms with Gasteiger partial charge in [-0.2, -0.15) is 0 Å². The Morgan fingerprint density at radius 2 is 2.36 bits per heavy atom. The van der Waals surface area contributed by atoms with Crippen molar-refractivity contribution >= 4 is 22.8 Å². The van der Waals surface area contributed by atoms with Gasteiger partial charge in [-0.3, -0.25) is 0 Å². The van der Waals surface area contributed by atoms with Crippen LogP contribution in [0.2, 0.25) is 0 Å². The van der Waals surface area contributed by atoms with Gasteiger partial charge in [0.2, 0.25) is 0 Å². The Kier molecular flexibility index (Phi) is 4.61. The quantitative estimate of drug-likeness (QED) is 0.780. The molecule has 2 atom stereocenters. The zero-order valence-corrected chi connectivity index (χ0v) is 13.1. The average Bonchev–Trinajstić information content (AvgIpc) is 3.13. The molecule has 1 fully saturated rings. The number of unbranched alkanes of at least 4 members (excludes halogenated alkanes) is 1. The van der Waals surface area contributed by atoms with E-state index in [1.165, 1.54) is 25.7 Å². The minimum Gasteiger partial charge on any atom is -0.344 e. The lowest BCUT2D eigenvalue weighted by Crippen LogP contribution is -2.36. The van der Waals surface area contributed by atoms with E-state index in [-0.39, 0.29) is 6.03 Å². The Morgan fingerprint density at radius 3 is 3.23 bits per heavy atom. The predicted octanol–water partition coefficient (Wildman–Crippen LogP) is 4.04. The number of carbonyl (C=O) groups is 1. The third kappa shape index (κ3) is 3.40. The molecular formula is C17H24N4O. The second-order valence-electron chi connectivity index (χ2n) is 6.22. The van der Waals surface area contributed by atoms with E-state index in [4.69, 9.17) is 0 Å². The summed E-state index contributed by atoms with van der Waals surface area (Å²) in [6.45, 7) is 2.23. The molecule has 22 heavy (non-hydrogen) atoms. The minimum absolute atomic E-state index is 0.120. The Hall–Kier alpha value is -2.04. The van der Waals surface area contributed by atoms with Crippen molar-refractivity contribution in [2.75, 3.05) is 5.32 Å². The molecule has 5 nitrogen and oxygen atoms in total. The number of nitrogens with one attached hydrogen (secondary N) is 3. The zero-order valence-electron chi connectivity index (χ0n) is 13.1. The third-order valence-electron chi connectivity index (χ3n) is 4.54. The monoisotopic (exact) mass is 300 g/mol. The molecule has 1 aliphatic carbocycles. The van der Waals surface area contributed by atoms with Crippen molar-refractivity contribution in [2.45, 2.75) is 51.5 Å². The van der Waals surface area contributed by atoms with E-state index < -0.39 is 0 Å². The second-order valence-corrected chi connectivity index (χ2v) is 6.22. The van der Waals surface area contributed by atoms with Gasteiger partial charge in [0.05, 0.1) is 5.69 Å². The van der Waals surface area contributed by atoms with Gasteiger partial charge in [-0.15, -0.1) is 0 Å². The van der Waals surface area contributed by atoms with Crippen LogP contribution in [0.5, 0.6) is 0 Å². The second kappa shape index (κ2) is 6.81. The van der Waals surface area contributed by atoms with E-state index in [0.29, 0.717) is 6.04 Å². The van der Waals surface area contributed by atoms with Crippen LogP contribution >= 0.6 is 0 Å². The van der Waals surface area contributed by atoms with Crippen molar-refractivity contribution in [1.29, 1.82) is 0 Å². The number of aromatic nitrogens is 2. The number of anilines is 1. The SMILES string of the molecule is CCCCC1CCC(NC(=O)Nc2c[nH]c3ncccc23)C1. The van der Waals surface area contributed by atoms with Gasteiger partial charge in [-0.05, 0) is 37.3 Å². The van der Waals surface area contributed by atoms with Crippen LogP contribution < -0.4 is 10.6 Å². The molecule has 5 heteroatoms. The van der Waals surface area contributed by atoms with Crippen LogP contribution in [0.4, 0.5) is 10.5 Å². The highest BCUT2D eigenvalue weighted by atomic mass is 16.2. The molecule has 2 amide bonds. The molecule has 2 aromatic rings. The fourth-order valence-corrected chi connectivity index (χ4v) is 3.36. The first-order valence-corrected chi connectivity index (χ1v) is 8.26. The Morgan fingerprint density at radius 1 is 1.45 bits per heavy atom. The molecule has 0 aliphatic heterocycles. The van der Waals surface area contributed by atoms with Gasteiger partial charge in [0, 0.05) is 23.8 Å². The molecule has 0 spiro atoms. The van der Waals surface area contributed by atoms with Crippen molar-refractivity contribution < 1.29 is 4.79 Å². The van der Waals surface area contributed by atoms with Crippen LogP contribution in [0, 0.1) is 5.92 Å². The Balaban J connectivity index is 1.53. The Bertz CT molecular complexity index is 636. The highest BCUT2D eigenvalue weighted by Gasteiger charge is 2.25. The molecule has 3 N–H and O–H groups in total. The summed E-state index contributed by atoms with van der Waals surface area (Å²) in [5.41, 5.74) is 1.57. The number of amides is 2. The minimum atomic E-state index is -0.120. The molecule has 0 bridgehead atoms. The molecule has 2 unspecified atom stereocenters. The van der Waals surface area contributed by atoms with E-state index in [1.807, 2.05) is 12.1 Å². The maximum absolute atomic E-state index is 12.2. The van der Waals surface area contributed by atoms with Gasteiger partial charge in [0.1, 0.15) is 5.65 Å². The first kappa shape index (κ1) is 14.9. The molecule has 3 rings (SSSR count). The molecule has 2 aromatic heterocycles. The molecule has 118 valence electrons. The van der Waals surface area contributed by atoms with Crippen molar-refractivity contribution in [1.82, 2.24) is 15.3 Å². The molecule has 2 heterocycles. The summed E-state index contributed by atoms with van der Waals surface area (Å²) in [5, 5.41) is 6.97. The topological polar surface area (TPSA) is 69.8 Å². The fraction of sp³-hybridized carbons (Fsp3) is 0.529. The highest BCUT2D eigenvalue weighted by Crippen LogP contribution is 2.29. The average molecular weight is 300 g/mol. The normalized spacial score (nSPS) is 21.1. The Labute approximate surface area is 130 Å². The van der Waals surface area contributed by atoms with Crippen LogP contribution in [0.25, 0.3) is 11.0 Å². The van der Waals surface area contributed by atoms with E-state index in [0.717, 1.165) is 35.5 Å².